The van der Waals surface area contributed by atoms with Crippen LogP contribution in [0.3, 0.4) is 0 Å². The van der Waals surface area contributed by atoms with Crippen LogP contribution < -0.4 is 5.32 Å². The van der Waals surface area contributed by atoms with Gasteiger partial charge in [0, 0.05) is 19.3 Å². The molecule has 0 saturated carbocycles. The Kier molecular flexibility index (Phi) is 4.24. The zero-order chi connectivity index (χ0) is 13.9. The molecule has 1 aliphatic heterocycles. The van der Waals surface area contributed by atoms with Crippen molar-refractivity contribution >= 4 is 5.95 Å². The third-order valence-corrected chi connectivity index (χ3v) is 3.22. The van der Waals surface area contributed by atoms with Crippen LogP contribution in [-0.4, -0.2) is 41.5 Å². The smallest absolute Gasteiger partial charge is 0.354 e. The van der Waals surface area contributed by atoms with Gasteiger partial charge in [0.1, 0.15) is 5.69 Å². The molecule has 0 unspecified atom stereocenters. The number of anilines is 1. The number of hydrogen-bond acceptors (Lipinski definition) is 4. The van der Waals surface area contributed by atoms with E-state index in [0.29, 0.717) is 12.5 Å². The molecule has 1 atom stereocenters. The Morgan fingerprint density at radius 2 is 2.26 bits per heavy atom. The van der Waals surface area contributed by atoms with E-state index in [1.807, 2.05) is 7.05 Å². The predicted octanol–water partition coefficient (Wildman–Crippen LogP) is 2.25. The van der Waals surface area contributed by atoms with E-state index in [1.54, 1.807) is 0 Å². The number of likely N-dealkylation sites (tertiary alicyclic amines) is 1. The summed E-state index contributed by atoms with van der Waals surface area (Å²) < 4.78 is 37.5. The Morgan fingerprint density at radius 1 is 1.47 bits per heavy atom. The van der Waals surface area contributed by atoms with E-state index in [4.69, 9.17) is 0 Å². The number of nitrogens with zero attached hydrogens (tertiary/aromatic N) is 3. The lowest BCUT2D eigenvalue weighted by atomic mass is 9.99. The SMILES string of the molecule is CN1CCC[C@H](CNc2nccc(C(F)(F)F)n2)C1. The molecule has 0 aromatic carbocycles. The lowest BCUT2D eigenvalue weighted by Gasteiger charge is -2.29. The second-order valence-electron chi connectivity index (χ2n) is 4.91. The summed E-state index contributed by atoms with van der Waals surface area (Å²) in [6.07, 6.45) is -1.10. The topological polar surface area (TPSA) is 41.0 Å². The summed E-state index contributed by atoms with van der Waals surface area (Å²) in [5, 5.41) is 2.90. The van der Waals surface area contributed by atoms with Gasteiger partial charge in [-0.1, -0.05) is 0 Å². The fourth-order valence-electron chi connectivity index (χ4n) is 2.28. The van der Waals surface area contributed by atoms with Crippen molar-refractivity contribution in [1.82, 2.24) is 14.9 Å². The van der Waals surface area contributed by atoms with Crippen LogP contribution in [0.4, 0.5) is 19.1 Å². The summed E-state index contributed by atoms with van der Waals surface area (Å²) >= 11 is 0. The van der Waals surface area contributed by atoms with E-state index in [2.05, 4.69) is 20.2 Å². The maximum Gasteiger partial charge on any atom is 0.433 e. The van der Waals surface area contributed by atoms with Crippen molar-refractivity contribution in [3.05, 3.63) is 18.0 Å². The van der Waals surface area contributed by atoms with Crippen LogP contribution in [0.15, 0.2) is 12.3 Å². The van der Waals surface area contributed by atoms with Gasteiger partial charge in [-0.2, -0.15) is 13.2 Å². The normalized spacial score (nSPS) is 21.4. The van der Waals surface area contributed by atoms with Crippen molar-refractivity contribution in [2.24, 2.45) is 5.92 Å². The van der Waals surface area contributed by atoms with Crippen LogP contribution in [0.25, 0.3) is 0 Å². The van der Waals surface area contributed by atoms with Gasteiger partial charge in [0.15, 0.2) is 0 Å². The quantitative estimate of drug-likeness (QED) is 0.918. The first kappa shape index (κ1) is 14.0. The van der Waals surface area contributed by atoms with Gasteiger partial charge in [-0.3, -0.25) is 0 Å². The third-order valence-electron chi connectivity index (χ3n) is 3.22. The third kappa shape index (κ3) is 4.05. The molecule has 0 bridgehead atoms. The molecule has 2 rings (SSSR count). The van der Waals surface area contributed by atoms with Crippen molar-refractivity contribution in [2.75, 3.05) is 32.0 Å². The van der Waals surface area contributed by atoms with Crippen molar-refractivity contribution in [2.45, 2.75) is 19.0 Å². The maximum absolute atomic E-state index is 12.5. The molecule has 1 aromatic heterocycles. The fraction of sp³-hybridized carbons (Fsp3) is 0.667. The summed E-state index contributed by atoms with van der Waals surface area (Å²) in [6.45, 7) is 2.63. The fourth-order valence-corrected chi connectivity index (χ4v) is 2.28. The Hall–Kier alpha value is -1.37. The number of nitrogens with one attached hydrogen (secondary N) is 1. The van der Waals surface area contributed by atoms with E-state index in [9.17, 15) is 13.2 Å². The van der Waals surface area contributed by atoms with E-state index < -0.39 is 11.9 Å². The van der Waals surface area contributed by atoms with Crippen molar-refractivity contribution in [3.63, 3.8) is 0 Å². The van der Waals surface area contributed by atoms with Crippen LogP contribution in [0.1, 0.15) is 18.5 Å². The molecule has 7 heteroatoms. The standard InChI is InChI=1S/C12H17F3N4/c1-19-6-2-3-9(8-19)7-17-11-16-5-4-10(18-11)12(13,14)15/h4-5,9H,2-3,6-8H2,1H3,(H,16,17,18)/t9-/m1/s1. The number of rotatable bonds is 3. The maximum atomic E-state index is 12.5. The van der Waals surface area contributed by atoms with E-state index >= 15 is 0 Å². The zero-order valence-electron chi connectivity index (χ0n) is 10.7. The van der Waals surface area contributed by atoms with Gasteiger partial charge in [-0.05, 0) is 38.4 Å². The molecule has 1 aromatic rings. The van der Waals surface area contributed by atoms with Crippen molar-refractivity contribution < 1.29 is 13.2 Å². The second-order valence-corrected chi connectivity index (χ2v) is 4.91. The Labute approximate surface area is 110 Å². The monoisotopic (exact) mass is 274 g/mol. The molecule has 106 valence electrons. The number of halogens is 3. The summed E-state index contributed by atoms with van der Waals surface area (Å²) in [4.78, 5) is 9.53. The van der Waals surface area contributed by atoms with Crippen LogP contribution in [-0.2, 0) is 6.18 Å². The Balaban J connectivity index is 1.92. The molecule has 1 N–H and O–H groups in total. The van der Waals surface area contributed by atoms with Crippen LogP contribution in [0.5, 0.6) is 0 Å². The predicted molar refractivity (Wildman–Crippen MR) is 65.7 cm³/mol. The minimum Gasteiger partial charge on any atom is -0.354 e. The lowest BCUT2D eigenvalue weighted by molar-refractivity contribution is -0.141. The second kappa shape index (κ2) is 5.73. The highest BCUT2D eigenvalue weighted by molar-refractivity contribution is 5.26. The summed E-state index contributed by atoms with van der Waals surface area (Å²) in [5.74, 6) is 0.472. The minimum absolute atomic E-state index is 0.0445. The number of hydrogen-bond donors (Lipinski definition) is 1. The van der Waals surface area contributed by atoms with Crippen LogP contribution in [0, 0.1) is 5.92 Å². The largest absolute Gasteiger partial charge is 0.433 e. The molecular weight excluding hydrogens is 257 g/mol. The van der Waals surface area contributed by atoms with Gasteiger partial charge in [-0.15, -0.1) is 0 Å². The molecule has 1 aliphatic rings. The van der Waals surface area contributed by atoms with Crippen LogP contribution in [0.2, 0.25) is 0 Å². The molecule has 1 saturated heterocycles. The minimum atomic E-state index is -4.43. The number of piperidine rings is 1. The molecule has 2 heterocycles. The molecule has 0 aliphatic carbocycles. The highest BCUT2D eigenvalue weighted by atomic mass is 19.4. The van der Waals surface area contributed by atoms with Crippen LogP contribution >= 0.6 is 0 Å². The number of alkyl halides is 3. The van der Waals surface area contributed by atoms with Gasteiger partial charge in [0.25, 0.3) is 0 Å². The van der Waals surface area contributed by atoms with Gasteiger partial charge in [0.05, 0.1) is 0 Å². The summed E-state index contributed by atoms with van der Waals surface area (Å²) in [6, 6.07) is 0.875. The molecule has 19 heavy (non-hydrogen) atoms. The average Bonchev–Trinajstić information content (AvgIpc) is 2.36. The Bertz CT molecular complexity index is 422. The lowest BCUT2D eigenvalue weighted by Crippen LogP contribution is -2.35. The van der Waals surface area contributed by atoms with Gasteiger partial charge < -0.3 is 10.2 Å². The summed E-state index contributed by atoms with van der Waals surface area (Å²) in [5.41, 5.74) is -0.911. The Morgan fingerprint density at radius 3 is 2.95 bits per heavy atom. The average molecular weight is 274 g/mol. The highest BCUT2D eigenvalue weighted by Crippen LogP contribution is 2.27. The van der Waals surface area contributed by atoms with Crippen molar-refractivity contribution in [3.8, 4) is 0 Å². The molecule has 1 fully saturated rings. The molecule has 0 spiro atoms. The molecule has 0 radical (unpaired) electrons. The van der Waals surface area contributed by atoms with E-state index in [-0.39, 0.29) is 5.95 Å². The molecular formula is C12H17F3N4. The van der Waals surface area contributed by atoms with Gasteiger partial charge >= 0.3 is 6.18 Å². The highest BCUT2D eigenvalue weighted by Gasteiger charge is 2.32. The first-order chi connectivity index (χ1) is 8.95. The summed E-state index contributed by atoms with van der Waals surface area (Å²) in [7, 11) is 2.05. The van der Waals surface area contributed by atoms with E-state index in [0.717, 1.165) is 38.2 Å². The first-order valence-electron chi connectivity index (χ1n) is 6.28. The first-order valence-corrected chi connectivity index (χ1v) is 6.28. The van der Waals surface area contributed by atoms with Gasteiger partial charge in [0.2, 0.25) is 5.95 Å². The van der Waals surface area contributed by atoms with Crippen molar-refractivity contribution in [1.29, 1.82) is 0 Å². The van der Waals surface area contributed by atoms with E-state index in [1.165, 1.54) is 0 Å². The number of aromatic nitrogens is 2. The molecule has 0 amide bonds. The van der Waals surface area contributed by atoms with Gasteiger partial charge in [-0.25, -0.2) is 9.97 Å². The zero-order valence-corrected chi connectivity index (χ0v) is 10.7. The molecule has 4 nitrogen and oxygen atoms in total.